The van der Waals surface area contributed by atoms with Crippen LogP contribution in [-0.4, -0.2) is 51.6 Å². The molecule has 0 radical (unpaired) electrons. The number of nitrogens with zero attached hydrogens (tertiary/aromatic N) is 4. The van der Waals surface area contributed by atoms with Crippen molar-refractivity contribution < 1.29 is 0 Å². The van der Waals surface area contributed by atoms with E-state index in [9.17, 15) is 0 Å². The lowest BCUT2D eigenvalue weighted by molar-refractivity contribution is 0.381. The third-order valence-corrected chi connectivity index (χ3v) is 4.76. The molecule has 3 heterocycles. The van der Waals surface area contributed by atoms with E-state index in [0.717, 1.165) is 24.3 Å². The minimum atomic E-state index is 0.598. The van der Waals surface area contributed by atoms with Gasteiger partial charge < -0.3 is 9.47 Å². The lowest BCUT2D eigenvalue weighted by Gasteiger charge is -2.15. The number of rotatable bonds is 4. The number of imidazole rings is 1. The fraction of sp³-hybridized carbons (Fsp3) is 0.571. The highest BCUT2D eigenvalue weighted by molar-refractivity contribution is 7.99. The van der Waals surface area contributed by atoms with Crippen LogP contribution < -0.4 is 0 Å². The summed E-state index contributed by atoms with van der Waals surface area (Å²) < 4.78 is 2.33. The fourth-order valence-electron chi connectivity index (χ4n) is 2.55. The average molecular weight is 276 g/mol. The maximum Gasteiger partial charge on any atom is 0.160 e. The highest BCUT2D eigenvalue weighted by Gasteiger charge is 2.24. The van der Waals surface area contributed by atoms with Gasteiger partial charge in [-0.05, 0) is 38.4 Å². The molecule has 1 unspecified atom stereocenters. The number of likely N-dealkylation sites (N-methyl/N-ethyl adjacent to an activating group) is 1. The first-order chi connectivity index (χ1) is 9.25. The van der Waals surface area contributed by atoms with Crippen molar-refractivity contribution in [3.8, 4) is 0 Å². The van der Waals surface area contributed by atoms with E-state index in [1.807, 2.05) is 24.0 Å². The lowest BCUT2D eigenvalue weighted by Crippen LogP contribution is -2.20. The molecule has 0 N–H and O–H groups in total. The van der Waals surface area contributed by atoms with Crippen LogP contribution in [0, 0.1) is 0 Å². The zero-order valence-corrected chi connectivity index (χ0v) is 12.4. The zero-order valence-electron chi connectivity index (χ0n) is 11.5. The lowest BCUT2D eigenvalue weighted by atomic mass is 10.1. The SMILES string of the molecule is CN(C)CCn1c(C2CCSC2)nc2cccnc21. The summed E-state index contributed by atoms with van der Waals surface area (Å²) in [5.41, 5.74) is 2.07. The molecule has 0 aromatic carbocycles. The van der Waals surface area contributed by atoms with Crippen molar-refractivity contribution in [2.75, 3.05) is 32.1 Å². The Morgan fingerprint density at radius 2 is 2.37 bits per heavy atom. The Labute approximate surface area is 118 Å². The molecule has 4 nitrogen and oxygen atoms in total. The van der Waals surface area contributed by atoms with Crippen molar-refractivity contribution in [2.45, 2.75) is 18.9 Å². The summed E-state index contributed by atoms with van der Waals surface area (Å²) in [6.45, 7) is 1.99. The van der Waals surface area contributed by atoms with Gasteiger partial charge in [-0.3, -0.25) is 0 Å². The maximum absolute atomic E-state index is 4.84. The molecule has 3 rings (SSSR count). The van der Waals surface area contributed by atoms with Crippen molar-refractivity contribution in [1.82, 2.24) is 19.4 Å². The molecular weight excluding hydrogens is 256 g/mol. The number of thioether (sulfide) groups is 1. The van der Waals surface area contributed by atoms with Crippen LogP contribution in [0.5, 0.6) is 0 Å². The summed E-state index contributed by atoms with van der Waals surface area (Å²) in [5, 5.41) is 0. The maximum atomic E-state index is 4.84. The quantitative estimate of drug-likeness (QED) is 0.857. The van der Waals surface area contributed by atoms with E-state index < -0.39 is 0 Å². The Morgan fingerprint density at radius 3 is 3.11 bits per heavy atom. The molecule has 0 bridgehead atoms. The van der Waals surface area contributed by atoms with E-state index >= 15 is 0 Å². The largest absolute Gasteiger partial charge is 0.311 e. The van der Waals surface area contributed by atoms with Crippen molar-refractivity contribution >= 4 is 22.9 Å². The summed E-state index contributed by atoms with van der Waals surface area (Å²) in [6.07, 6.45) is 3.11. The summed E-state index contributed by atoms with van der Waals surface area (Å²) in [6, 6.07) is 4.04. The topological polar surface area (TPSA) is 34.0 Å². The molecule has 0 saturated carbocycles. The van der Waals surface area contributed by atoms with Crippen LogP contribution >= 0.6 is 11.8 Å². The van der Waals surface area contributed by atoms with Crippen LogP contribution in [0.2, 0.25) is 0 Å². The fourth-order valence-corrected chi connectivity index (χ4v) is 3.76. The molecule has 1 fully saturated rings. The second-order valence-corrected chi connectivity index (χ2v) is 6.48. The summed E-state index contributed by atoms with van der Waals surface area (Å²) in [4.78, 5) is 11.6. The van der Waals surface area contributed by atoms with Crippen molar-refractivity contribution in [3.63, 3.8) is 0 Å². The van der Waals surface area contributed by atoms with Gasteiger partial charge in [0.05, 0.1) is 0 Å². The zero-order chi connectivity index (χ0) is 13.2. The van der Waals surface area contributed by atoms with Gasteiger partial charge in [-0.15, -0.1) is 0 Å². The normalized spacial score (nSPS) is 19.6. The van der Waals surface area contributed by atoms with Crippen molar-refractivity contribution in [1.29, 1.82) is 0 Å². The first kappa shape index (κ1) is 12.9. The smallest absolute Gasteiger partial charge is 0.160 e. The molecule has 2 aromatic heterocycles. The molecule has 0 aliphatic carbocycles. The molecule has 2 aromatic rings. The van der Waals surface area contributed by atoms with Gasteiger partial charge in [-0.2, -0.15) is 11.8 Å². The van der Waals surface area contributed by atoms with Gasteiger partial charge in [0.1, 0.15) is 11.3 Å². The van der Waals surface area contributed by atoms with Gasteiger partial charge in [-0.1, -0.05) is 0 Å². The van der Waals surface area contributed by atoms with Crippen molar-refractivity contribution in [2.24, 2.45) is 0 Å². The van der Waals surface area contributed by atoms with Crippen LogP contribution in [-0.2, 0) is 6.54 Å². The molecule has 0 spiro atoms. The van der Waals surface area contributed by atoms with Gasteiger partial charge in [0, 0.05) is 31.0 Å². The molecule has 1 aliphatic heterocycles. The monoisotopic (exact) mass is 276 g/mol. The minimum Gasteiger partial charge on any atom is -0.311 e. The van der Waals surface area contributed by atoms with E-state index in [1.165, 1.54) is 23.8 Å². The van der Waals surface area contributed by atoms with E-state index in [-0.39, 0.29) is 0 Å². The highest BCUT2D eigenvalue weighted by Crippen LogP contribution is 2.33. The van der Waals surface area contributed by atoms with E-state index in [1.54, 1.807) is 0 Å². The molecule has 102 valence electrons. The van der Waals surface area contributed by atoms with Gasteiger partial charge in [-0.25, -0.2) is 9.97 Å². The molecular formula is C14H20N4S. The Morgan fingerprint density at radius 1 is 1.47 bits per heavy atom. The molecule has 0 amide bonds. The Kier molecular flexibility index (Phi) is 3.75. The predicted molar refractivity (Wildman–Crippen MR) is 80.8 cm³/mol. The third-order valence-electron chi connectivity index (χ3n) is 3.60. The van der Waals surface area contributed by atoms with Gasteiger partial charge in [0.2, 0.25) is 0 Å². The van der Waals surface area contributed by atoms with Gasteiger partial charge in [0.15, 0.2) is 5.65 Å². The molecule has 1 saturated heterocycles. The Hall–Kier alpha value is -1.07. The number of hydrogen-bond donors (Lipinski definition) is 0. The van der Waals surface area contributed by atoms with Crippen LogP contribution in [0.3, 0.4) is 0 Å². The van der Waals surface area contributed by atoms with Crippen molar-refractivity contribution in [3.05, 3.63) is 24.2 Å². The van der Waals surface area contributed by atoms with Crippen LogP contribution in [0.15, 0.2) is 18.3 Å². The van der Waals surface area contributed by atoms with Crippen LogP contribution in [0.4, 0.5) is 0 Å². The summed E-state index contributed by atoms with van der Waals surface area (Å²) >= 11 is 2.04. The van der Waals surface area contributed by atoms with E-state index in [2.05, 4.69) is 34.6 Å². The first-order valence-electron chi connectivity index (χ1n) is 6.79. The first-order valence-corrected chi connectivity index (χ1v) is 7.95. The standard InChI is InChI=1S/C14H20N4S/c1-17(2)7-8-18-13(11-5-9-19-10-11)16-12-4-3-6-15-14(12)18/h3-4,6,11H,5,7-10H2,1-2H3. The van der Waals surface area contributed by atoms with E-state index in [4.69, 9.17) is 4.98 Å². The van der Waals surface area contributed by atoms with Gasteiger partial charge in [0.25, 0.3) is 0 Å². The Bertz CT molecular complexity index is 558. The van der Waals surface area contributed by atoms with Crippen LogP contribution in [0.1, 0.15) is 18.2 Å². The van der Waals surface area contributed by atoms with Gasteiger partial charge >= 0.3 is 0 Å². The predicted octanol–water partition coefficient (Wildman–Crippen LogP) is 2.21. The Balaban J connectivity index is 2.00. The third kappa shape index (κ3) is 2.62. The minimum absolute atomic E-state index is 0.598. The molecule has 19 heavy (non-hydrogen) atoms. The summed E-state index contributed by atoms with van der Waals surface area (Å²) in [5.74, 6) is 4.29. The van der Waals surface area contributed by atoms with E-state index in [0.29, 0.717) is 5.92 Å². The summed E-state index contributed by atoms with van der Waals surface area (Å²) in [7, 11) is 4.22. The van der Waals surface area contributed by atoms with Crippen LogP contribution in [0.25, 0.3) is 11.2 Å². The molecule has 5 heteroatoms. The number of pyridine rings is 1. The molecule has 1 atom stereocenters. The number of aromatic nitrogens is 3. The number of fused-ring (bicyclic) bond motifs is 1. The second-order valence-electron chi connectivity index (χ2n) is 5.33. The second kappa shape index (κ2) is 5.51. The number of hydrogen-bond acceptors (Lipinski definition) is 4. The molecule has 1 aliphatic rings. The average Bonchev–Trinajstić information content (AvgIpc) is 3.03. The highest BCUT2D eigenvalue weighted by atomic mass is 32.2.